The molecule has 6 heteroatoms. The number of aliphatic carboxylic acids is 1. The van der Waals surface area contributed by atoms with Crippen LogP contribution in [0.4, 0.5) is 0 Å². The predicted molar refractivity (Wildman–Crippen MR) is 59.6 cm³/mol. The minimum Gasteiger partial charge on any atom is -0.481 e. The lowest BCUT2D eigenvalue weighted by molar-refractivity contribution is -0.141. The van der Waals surface area contributed by atoms with Gasteiger partial charge in [-0.1, -0.05) is 6.92 Å². The number of hydrogen-bond donors (Lipinski definition) is 2. The molecule has 0 radical (unpaired) electrons. The molecular formula is C11H16N2O4. The van der Waals surface area contributed by atoms with Crippen LogP contribution in [0.3, 0.4) is 0 Å². The number of carboxylic acids is 1. The van der Waals surface area contributed by atoms with Crippen molar-refractivity contribution in [2.45, 2.75) is 33.2 Å². The Bertz CT molecular complexity index is 413. The molecule has 2 N–H and O–H groups in total. The van der Waals surface area contributed by atoms with Gasteiger partial charge in [-0.05, 0) is 13.8 Å². The molecule has 0 aliphatic heterocycles. The van der Waals surface area contributed by atoms with Gasteiger partial charge in [-0.3, -0.25) is 9.59 Å². The molecule has 0 aromatic carbocycles. The lowest BCUT2D eigenvalue weighted by Crippen LogP contribution is -2.40. The predicted octanol–water partition coefficient (Wildman–Crippen LogP) is 1.08. The molecule has 0 aliphatic rings. The van der Waals surface area contributed by atoms with Gasteiger partial charge in [-0.15, -0.1) is 0 Å². The van der Waals surface area contributed by atoms with E-state index in [0.29, 0.717) is 12.2 Å². The molecular weight excluding hydrogens is 224 g/mol. The summed E-state index contributed by atoms with van der Waals surface area (Å²) in [5.41, 5.74) is 0.219. The number of rotatable bonds is 5. The number of oxazole rings is 1. The molecule has 1 rings (SSSR count). The zero-order valence-electron chi connectivity index (χ0n) is 10.1. The van der Waals surface area contributed by atoms with E-state index in [4.69, 9.17) is 9.52 Å². The molecule has 2 unspecified atom stereocenters. The first-order valence-corrected chi connectivity index (χ1v) is 5.43. The molecule has 0 saturated carbocycles. The van der Waals surface area contributed by atoms with Gasteiger partial charge in [0, 0.05) is 12.5 Å². The number of nitrogens with one attached hydrogen (secondary N) is 1. The van der Waals surface area contributed by atoms with Crippen molar-refractivity contribution in [3.05, 3.63) is 17.8 Å². The number of aryl methyl sites for hydroxylation is 1. The van der Waals surface area contributed by atoms with E-state index in [1.807, 2.05) is 6.92 Å². The van der Waals surface area contributed by atoms with Crippen molar-refractivity contribution >= 4 is 11.9 Å². The summed E-state index contributed by atoms with van der Waals surface area (Å²) in [6.07, 6.45) is 1.77. The maximum Gasteiger partial charge on any atom is 0.308 e. The number of carbonyl (C=O) groups is 2. The van der Waals surface area contributed by atoms with Gasteiger partial charge >= 0.3 is 5.97 Å². The Labute approximate surface area is 99.0 Å². The Hall–Kier alpha value is -1.85. The molecule has 1 aromatic rings. The molecule has 1 heterocycles. The monoisotopic (exact) mass is 240 g/mol. The Kier molecular flexibility index (Phi) is 4.25. The van der Waals surface area contributed by atoms with E-state index in [1.165, 1.54) is 13.3 Å². The molecule has 94 valence electrons. The van der Waals surface area contributed by atoms with E-state index in [1.54, 1.807) is 6.92 Å². The molecule has 0 aliphatic carbocycles. The smallest absolute Gasteiger partial charge is 0.308 e. The highest BCUT2D eigenvalue weighted by Crippen LogP contribution is 2.09. The summed E-state index contributed by atoms with van der Waals surface area (Å²) in [6.45, 7) is 5.03. The zero-order valence-corrected chi connectivity index (χ0v) is 10.1. The standard InChI is InChI=1S/C11H16N2O4/c1-4-8-9(12-5-17-8)10(14)13-7(3)6(2)11(15)16/h5-7H,4H2,1-3H3,(H,13,14)(H,15,16). The molecule has 0 fully saturated rings. The van der Waals surface area contributed by atoms with Crippen molar-refractivity contribution in [2.75, 3.05) is 0 Å². The molecule has 17 heavy (non-hydrogen) atoms. The summed E-state index contributed by atoms with van der Waals surface area (Å²) in [4.78, 5) is 26.4. The van der Waals surface area contributed by atoms with E-state index in [0.717, 1.165) is 0 Å². The third-order valence-electron chi connectivity index (χ3n) is 2.68. The van der Waals surface area contributed by atoms with E-state index < -0.39 is 23.8 Å². The lowest BCUT2D eigenvalue weighted by Gasteiger charge is -2.17. The van der Waals surface area contributed by atoms with Gasteiger partial charge in [0.15, 0.2) is 12.1 Å². The first-order valence-electron chi connectivity index (χ1n) is 5.43. The fraction of sp³-hybridized carbons (Fsp3) is 0.545. The average Bonchev–Trinajstić information content (AvgIpc) is 2.75. The minimum atomic E-state index is -0.950. The summed E-state index contributed by atoms with van der Waals surface area (Å²) in [5, 5.41) is 11.4. The second-order valence-corrected chi connectivity index (χ2v) is 3.87. The van der Waals surface area contributed by atoms with E-state index in [-0.39, 0.29) is 5.69 Å². The van der Waals surface area contributed by atoms with Gasteiger partial charge in [0.05, 0.1) is 5.92 Å². The van der Waals surface area contributed by atoms with Gasteiger partial charge in [0.1, 0.15) is 5.76 Å². The average molecular weight is 240 g/mol. The summed E-state index contributed by atoms with van der Waals surface area (Å²) in [5.74, 6) is -1.52. The summed E-state index contributed by atoms with van der Waals surface area (Å²) >= 11 is 0. The molecule has 1 amide bonds. The Morgan fingerprint density at radius 3 is 2.71 bits per heavy atom. The fourth-order valence-electron chi connectivity index (χ4n) is 1.32. The van der Waals surface area contributed by atoms with Crippen LogP contribution < -0.4 is 5.32 Å². The highest BCUT2D eigenvalue weighted by Gasteiger charge is 2.23. The van der Waals surface area contributed by atoms with Gasteiger partial charge in [-0.2, -0.15) is 0 Å². The quantitative estimate of drug-likeness (QED) is 0.803. The Morgan fingerprint density at radius 1 is 1.53 bits per heavy atom. The first kappa shape index (κ1) is 13.2. The highest BCUT2D eigenvalue weighted by molar-refractivity contribution is 5.93. The SMILES string of the molecule is CCc1ocnc1C(=O)NC(C)C(C)C(=O)O. The van der Waals surface area contributed by atoms with Crippen LogP contribution in [-0.4, -0.2) is 28.0 Å². The summed E-state index contributed by atoms with van der Waals surface area (Å²) < 4.78 is 5.04. The molecule has 2 atom stereocenters. The van der Waals surface area contributed by atoms with Crippen molar-refractivity contribution in [1.29, 1.82) is 0 Å². The van der Waals surface area contributed by atoms with Crippen LogP contribution >= 0.6 is 0 Å². The van der Waals surface area contributed by atoms with Crippen LogP contribution in [0.5, 0.6) is 0 Å². The van der Waals surface area contributed by atoms with Crippen molar-refractivity contribution in [1.82, 2.24) is 10.3 Å². The van der Waals surface area contributed by atoms with E-state index in [9.17, 15) is 9.59 Å². The maximum absolute atomic E-state index is 11.8. The van der Waals surface area contributed by atoms with Crippen LogP contribution in [0.25, 0.3) is 0 Å². The second kappa shape index (κ2) is 5.47. The maximum atomic E-state index is 11.8. The van der Waals surface area contributed by atoms with Crippen LogP contribution in [0.2, 0.25) is 0 Å². The normalized spacial score (nSPS) is 14.1. The number of hydrogen-bond acceptors (Lipinski definition) is 4. The lowest BCUT2D eigenvalue weighted by atomic mass is 10.0. The van der Waals surface area contributed by atoms with Crippen LogP contribution in [-0.2, 0) is 11.2 Å². The number of carbonyl (C=O) groups excluding carboxylic acids is 1. The van der Waals surface area contributed by atoms with Crippen LogP contribution in [0.15, 0.2) is 10.8 Å². The molecule has 0 bridgehead atoms. The Balaban J connectivity index is 2.70. The van der Waals surface area contributed by atoms with Crippen molar-refractivity contribution < 1.29 is 19.1 Å². The van der Waals surface area contributed by atoms with Crippen LogP contribution in [0, 0.1) is 5.92 Å². The Morgan fingerprint density at radius 2 is 2.18 bits per heavy atom. The van der Waals surface area contributed by atoms with E-state index >= 15 is 0 Å². The summed E-state index contributed by atoms with van der Waals surface area (Å²) in [7, 11) is 0. The molecule has 1 aromatic heterocycles. The summed E-state index contributed by atoms with van der Waals surface area (Å²) in [6, 6.07) is -0.471. The third kappa shape index (κ3) is 3.05. The van der Waals surface area contributed by atoms with Gasteiger partial charge < -0.3 is 14.8 Å². The van der Waals surface area contributed by atoms with E-state index in [2.05, 4.69) is 10.3 Å². The molecule has 0 saturated heterocycles. The topological polar surface area (TPSA) is 92.4 Å². The largest absolute Gasteiger partial charge is 0.481 e. The number of nitrogens with zero attached hydrogens (tertiary/aromatic N) is 1. The first-order chi connectivity index (χ1) is 7.97. The van der Waals surface area contributed by atoms with Crippen molar-refractivity contribution in [3.8, 4) is 0 Å². The number of amides is 1. The van der Waals surface area contributed by atoms with Gasteiger partial charge in [0.25, 0.3) is 5.91 Å². The van der Waals surface area contributed by atoms with Crippen LogP contribution in [0.1, 0.15) is 37.0 Å². The molecule has 6 nitrogen and oxygen atoms in total. The highest BCUT2D eigenvalue weighted by atomic mass is 16.4. The second-order valence-electron chi connectivity index (χ2n) is 3.87. The molecule has 0 spiro atoms. The third-order valence-corrected chi connectivity index (χ3v) is 2.68. The van der Waals surface area contributed by atoms with Crippen molar-refractivity contribution in [3.63, 3.8) is 0 Å². The number of carboxylic acid groups (broad SMARTS) is 1. The zero-order chi connectivity index (χ0) is 13.0. The fourth-order valence-corrected chi connectivity index (χ4v) is 1.32. The van der Waals surface area contributed by atoms with Gasteiger partial charge in [-0.25, -0.2) is 4.98 Å². The minimum absolute atomic E-state index is 0.219. The van der Waals surface area contributed by atoms with Crippen molar-refractivity contribution in [2.24, 2.45) is 5.92 Å². The number of aromatic nitrogens is 1. The van der Waals surface area contributed by atoms with Gasteiger partial charge in [0.2, 0.25) is 0 Å².